The molecule has 4 nitrogen and oxygen atoms in total. The molecule has 0 unspecified atom stereocenters. The van der Waals surface area contributed by atoms with Gasteiger partial charge in [0.15, 0.2) is 0 Å². The normalized spacial score (nSPS) is 37.0. The van der Waals surface area contributed by atoms with Crippen LogP contribution in [0.3, 0.4) is 0 Å². The van der Waals surface area contributed by atoms with Crippen molar-refractivity contribution in [2.45, 2.75) is 65.7 Å². The van der Waals surface area contributed by atoms with Gasteiger partial charge in [-0.2, -0.15) is 0 Å². The Bertz CT molecular complexity index is 576. The Morgan fingerprint density at radius 2 is 1.96 bits per heavy atom. The third kappa shape index (κ3) is 3.28. The van der Waals surface area contributed by atoms with Crippen LogP contribution in [-0.2, 0) is 9.59 Å². The van der Waals surface area contributed by atoms with Gasteiger partial charge in [0.05, 0.1) is 5.41 Å². The van der Waals surface area contributed by atoms with Crippen LogP contribution in [0.15, 0.2) is 23.8 Å². The second kappa shape index (κ2) is 6.73. The minimum atomic E-state index is -0.907. The number of hydrogen-bond acceptors (Lipinski definition) is 2. The van der Waals surface area contributed by atoms with E-state index >= 15 is 0 Å². The highest BCUT2D eigenvalue weighted by Gasteiger charge is 2.57. The number of carbonyl (C=O) groups is 2. The van der Waals surface area contributed by atoms with Crippen LogP contribution in [-0.4, -0.2) is 22.2 Å². The second-order valence-corrected chi connectivity index (χ2v) is 8.25. The zero-order valence-corrected chi connectivity index (χ0v) is 15.1. The summed E-state index contributed by atoms with van der Waals surface area (Å²) in [6.07, 6.45) is 7.36. The van der Waals surface area contributed by atoms with Crippen molar-refractivity contribution in [1.82, 2.24) is 0 Å². The molecule has 134 valence electrons. The van der Waals surface area contributed by atoms with Crippen molar-refractivity contribution in [2.24, 2.45) is 22.7 Å². The second-order valence-electron chi connectivity index (χ2n) is 8.25. The maximum Gasteiger partial charge on any atom is 0.328 e. The van der Waals surface area contributed by atoms with Crippen molar-refractivity contribution in [1.29, 1.82) is 0 Å². The Kier molecular flexibility index (Phi) is 5.26. The summed E-state index contributed by atoms with van der Waals surface area (Å²) in [5.74, 6) is -1.15. The average Bonchev–Trinajstić information content (AvgIpc) is 2.45. The number of carboxylic acids is 2. The van der Waals surface area contributed by atoms with Gasteiger partial charge in [-0.25, -0.2) is 4.79 Å². The summed E-state index contributed by atoms with van der Waals surface area (Å²) in [6.45, 7) is 10.3. The molecule has 0 aromatic heterocycles. The molecule has 2 rings (SSSR count). The van der Waals surface area contributed by atoms with E-state index in [4.69, 9.17) is 5.11 Å². The Balaban J connectivity index is 2.25. The lowest BCUT2D eigenvalue weighted by Gasteiger charge is -2.57. The summed E-state index contributed by atoms with van der Waals surface area (Å²) in [4.78, 5) is 22.8. The fourth-order valence-corrected chi connectivity index (χ4v) is 5.39. The molecule has 4 atom stereocenters. The van der Waals surface area contributed by atoms with Crippen molar-refractivity contribution in [3.63, 3.8) is 0 Å². The average molecular weight is 334 g/mol. The van der Waals surface area contributed by atoms with Crippen LogP contribution in [0.25, 0.3) is 0 Å². The zero-order chi connectivity index (χ0) is 18.1. The maximum atomic E-state index is 12.0. The molecule has 24 heavy (non-hydrogen) atoms. The lowest BCUT2D eigenvalue weighted by molar-refractivity contribution is -0.164. The lowest BCUT2D eigenvalue weighted by Crippen LogP contribution is -2.53. The fourth-order valence-electron chi connectivity index (χ4n) is 5.39. The van der Waals surface area contributed by atoms with Gasteiger partial charge < -0.3 is 10.2 Å². The molecule has 0 aliphatic heterocycles. The summed E-state index contributed by atoms with van der Waals surface area (Å²) < 4.78 is 0. The topological polar surface area (TPSA) is 74.6 Å². The first-order chi connectivity index (χ1) is 11.1. The summed E-state index contributed by atoms with van der Waals surface area (Å²) in [6, 6.07) is 0. The van der Waals surface area contributed by atoms with Gasteiger partial charge >= 0.3 is 11.9 Å². The first-order valence-electron chi connectivity index (χ1n) is 8.92. The predicted molar refractivity (Wildman–Crippen MR) is 93.7 cm³/mol. The summed E-state index contributed by atoms with van der Waals surface area (Å²) in [7, 11) is 0. The molecule has 0 aromatic carbocycles. The number of aliphatic carboxylic acids is 2. The molecule has 0 radical (unpaired) electrons. The molecule has 2 fully saturated rings. The number of fused-ring (bicyclic) bond motifs is 1. The van der Waals surface area contributed by atoms with Gasteiger partial charge in [-0.15, -0.1) is 0 Å². The molecule has 0 heterocycles. The van der Waals surface area contributed by atoms with Crippen LogP contribution < -0.4 is 0 Å². The highest BCUT2D eigenvalue weighted by atomic mass is 16.4. The lowest BCUT2D eigenvalue weighted by atomic mass is 9.46. The van der Waals surface area contributed by atoms with Crippen molar-refractivity contribution in [2.75, 3.05) is 0 Å². The highest BCUT2D eigenvalue weighted by molar-refractivity contribution is 5.80. The fraction of sp³-hybridized carbons (Fsp3) is 0.700. The van der Waals surface area contributed by atoms with E-state index in [0.717, 1.165) is 50.5 Å². The summed E-state index contributed by atoms with van der Waals surface area (Å²) in [5, 5.41) is 18.7. The highest BCUT2D eigenvalue weighted by Crippen LogP contribution is 2.62. The van der Waals surface area contributed by atoms with Crippen molar-refractivity contribution in [3.8, 4) is 0 Å². The number of rotatable bonds is 5. The van der Waals surface area contributed by atoms with Crippen LogP contribution in [0.5, 0.6) is 0 Å². The molecular weight excluding hydrogens is 304 g/mol. The third-order valence-corrected chi connectivity index (χ3v) is 6.71. The standard InChI is InChI=1S/C20H30O4/c1-13(12-17(21)22)6-8-15-14(2)7-9-16-19(15,3)10-5-11-20(16,4)18(23)24/h12,15-16H,2,5-11H2,1,3-4H3,(H,21,22)(H,23,24)/b13-12+/t15-,16+,19-,20+/m0/s1. The largest absolute Gasteiger partial charge is 0.481 e. The van der Waals surface area contributed by atoms with Crippen molar-refractivity contribution < 1.29 is 19.8 Å². The van der Waals surface area contributed by atoms with Crippen LogP contribution >= 0.6 is 0 Å². The molecule has 0 spiro atoms. The van der Waals surface area contributed by atoms with Gasteiger partial charge in [0.2, 0.25) is 0 Å². The smallest absolute Gasteiger partial charge is 0.328 e. The van der Waals surface area contributed by atoms with Crippen molar-refractivity contribution >= 4 is 11.9 Å². The van der Waals surface area contributed by atoms with E-state index < -0.39 is 17.4 Å². The van der Waals surface area contributed by atoms with Crippen LogP contribution in [0.1, 0.15) is 65.7 Å². The van der Waals surface area contributed by atoms with Gasteiger partial charge in [0, 0.05) is 6.08 Å². The molecular formula is C20H30O4. The number of allylic oxidation sites excluding steroid dienone is 2. The van der Waals surface area contributed by atoms with E-state index in [1.165, 1.54) is 11.6 Å². The van der Waals surface area contributed by atoms with Gasteiger partial charge in [-0.1, -0.05) is 31.1 Å². The van der Waals surface area contributed by atoms with E-state index in [-0.39, 0.29) is 17.3 Å². The SMILES string of the molecule is C=C1CC[C@@H]2[C@@](C)(CCC[C@@]2(C)C(=O)O)[C@H]1CC/C(C)=C/C(=O)O. The summed E-state index contributed by atoms with van der Waals surface area (Å²) in [5.41, 5.74) is 1.37. The third-order valence-electron chi connectivity index (χ3n) is 6.71. The molecule has 0 amide bonds. The molecule has 0 saturated heterocycles. The molecule has 0 aromatic rings. The van der Waals surface area contributed by atoms with Gasteiger partial charge in [-0.05, 0) is 69.6 Å². The van der Waals surface area contributed by atoms with E-state index in [1.807, 2.05) is 13.8 Å². The molecule has 4 heteroatoms. The minimum Gasteiger partial charge on any atom is -0.481 e. The van der Waals surface area contributed by atoms with Crippen LogP contribution in [0.4, 0.5) is 0 Å². The van der Waals surface area contributed by atoms with Crippen LogP contribution in [0, 0.1) is 22.7 Å². The Morgan fingerprint density at radius 3 is 2.54 bits per heavy atom. The molecule has 2 N–H and O–H groups in total. The molecule has 2 aliphatic rings. The molecule has 0 bridgehead atoms. The monoisotopic (exact) mass is 334 g/mol. The number of carboxylic acid groups (broad SMARTS) is 2. The molecule has 2 aliphatic carbocycles. The van der Waals surface area contributed by atoms with E-state index in [9.17, 15) is 14.7 Å². The van der Waals surface area contributed by atoms with Crippen LogP contribution in [0.2, 0.25) is 0 Å². The van der Waals surface area contributed by atoms with E-state index in [1.54, 1.807) is 0 Å². The van der Waals surface area contributed by atoms with Gasteiger partial charge in [0.25, 0.3) is 0 Å². The Hall–Kier alpha value is -1.58. The maximum absolute atomic E-state index is 12.0. The van der Waals surface area contributed by atoms with Gasteiger partial charge in [0.1, 0.15) is 0 Å². The minimum absolute atomic E-state index is 0.0514. The quantitative estimate of drug-likeness (QED) is 0.566. The van der Waals surface area contributed by atoms with E-state index in [0.29, 0.717) is 0 Å². The number of hydrogen-bond donors (Lipinski definition) is 2. The van der Waals surface area contributed by atoms with E-state index in [2.05, 4.69) is 13.5 Å². The first-order valence-corrected chi connectivity index (χ1v) is 8.92. The Morgan fingerprint density at radius 1 is 1.29 bits per heavy atom. The van der Waals surface area contributed by atoms with Gasteiger partial charge in [-0.3, -0.25) is 4.79 Å². The zero-order valence-electron chi connectivity index (χ0n) is 15.1. The van der Waals surface area contributed by atoms with Crippen molar-refractivity contribution in [3.05, 3.63) is 23.8 Å². The Labute approximate surface area is 144 Å². The predicted octanol–water partition coefficient (Wildman–Crippen LogP) is 4.66. The summed E-state index contributed by atoms with van der Waals surface area (Å²) >= 11 is 0. The first kappa shape index (κ1) is 18.8. The molecule has 2 saturated carbocycles.